The molecule has 2 atom stereocenters. The van der Waals surface area contributed by atoms with Crippen molar-refractivity contribution < 1.29 is 33.3 Å². The molecular weight excluding hydrogens is 569 g/mol. The van der Waals surface area contributed by atoms with E-state index in [4.69, 9.17) is 46.9 Å². The van der Waals surface area contributed by atoms with Gasteiger partial charge in [0.15, 0.2) is 17.6 Å². The van der Waals surface area contributed by atoms with Crippen molar-refractivity contribution in [3.63, 3.8) is 0 Å². The first-order chi connectivity index (χ1) is 19.5. The van der Waals surface area contributed by atoms with E-state index >= 15 is 0 Å². The van der Waals surface area contributed by atoms with Crippen LogP contribution in [0.1, 0.15) is 49.1 Å². The van der Waals surface area contributed by atoms with Crippen LogP contribution in [-0.4, -0.2) is 42.3 Å². The van der Waals surface area contributed by atoms with Crippen molar-refractivity contribution in [2.75, 3.05) is 13.7 Å². The lowest BCUT2D eigenvalue weighted by Crippen LogP contribution is -2.50. The van der Waals surface area contributed by atoms with Gasteiger partial charge < -0.3 is 23.7 Å². The minimum Gasteiger partial charge on any atom is -0.489 e. The van der Waals surface area contributed by atoms with Gasteiger partial charge in [-0.05, 0) is 79.4 Å². The first-order valence-corrected chi connectivity index (χ1v) is 14.0. The van der Waals surface area contributed by atoms with E-state index in [2.05, 4.69) is 0 Å². The predicted molar refractivity (Wildman–Crippen MR) is 154 cm³/mol. The molecule has 0 saturated carbocycles. The van der Waals surface area contributed by atoms with E-state index in [1.54, 1.807) is 32.9 Å². The second-order valence-electron chi connectivity index (χ2n) is 10.9. The third-order valence-corrected chi connectivity index (χ3v) is 7.54. The summed E-state index contributed by atoms with van der Waals surface area (Å²) in [6.45, 7) is 6.20. The maximum atomic E-state index is 13.0. The van der Waals surface area contributed by atoms with Gasteiger partial charge in [0.2, 0.25) is 0 Å². The maximum Gasteiger partial charge on any atom is 0.411 e. The van der Waals surface area contributed by atoms with Crippen LogP contribution in [0.2, 0.25) is 10.0 Å². The highest BCUT2D eigenvalue weighted by molar-refractivity contribution is 6.42. The molecule has 0 fully saturated rings. The van der Waals surface area contributed by atoms with Crippen LogP contribution in [0.5, 0.6) is 17.2 Å². The van der Waals surface area contributed by atoms with Gasteiger partial charge in [0.25, 0.3) is 0 Å². The summed E-state index contributed by atoms with van der Waals surface area (Å²) >= 11 is 12.1. The topological polar surface area (TPSA) is 83.5 Å². The summed E-state index contributed by atoms with van der Waals surface area (Å²) in [7, 11) is 1.31. The van der Waals surface area contributed by atoms with Crippen LogP contribution < -0.4 is 14.2 Å². The Kier molecular flexibility index (Phi) is 8.25. The van der Waals surface area contributed by atoms with Gasteiger partial charge in [0, 0.05) is 6.42 Å². The quantitative estimate of drug-likeness (QED) is 0.294. The number of rotatable bonds is 5. The van der Waals surface area contributed by atoms with Gasteiger partial charge in [0.1, 0.15) is 30.6 Å². The molecule has 8 nitrogen and oxygen atoms in total. The smallest absolute Gasteiger partial charge is 0.411 e. The normalized spacial score (nSPS) is 17.9. The van der Waals surface area contributed by atoms with Gasteiger partial charge in [-0.15, -0.1) is 0 Å². The van der Waals surface area contributed by atoms with Crippen molar-refractivity contribution in [3.8, 4) is 17.2 Å². The zero-order valence-corrected chi connectivity index (χ0v) is 24.8. The van der Waals surface area contributed by atoms with Crippen LogP contribution in [0.4, 0.5) is 4.79 Å². The number of ether oxygens (including phenoxy) is 5. The van der Waals surface area contributed by atoms with Crippen LogP contribution in [-0.2, 0) is 33.8 Å². The summed E-state index contributed by atoms with van der Waals surface area (Å²) in [6, 6.07) is 16.0. The Balaban J connectivity index is 1.29. The molecule has 2 aliphatic rings. The van der Waals surface area contributed by atoms with Crippen LogP contribution in [0.3, 0.4) is 0 Å². The molecule has 10 heteroatoms. The average Bonchev–Trinajstić information content (AvgIpc) is 2.94. The van der Waals surface area contributed by atoms with E-state index in [0.717, 1.165) is 22.3 Å². The largest absolute Gasteiger partial charge is 0.489 e. The van der Waals surface area contributed by atoms with Gasteiger partial charge in [-0.25, -0.2) is 9.59 Å². The number of amides is 1. The highest BCUT2D eigenvalue weighted by atomic mass is 35.5. The lowest BCUT2D eigenvalue weighted by Gasteiger charge is -2.37. The molecule has 0 N–H and O–H groups in total. The second-order valence-corrected chi connectivity index (χ2v) is 11.8. The molecule has 0 aromatic heterocycles. The van der Waals surface area contributed by atoms with E-state index in [1.165, 1.54) is 12.0 Å². The first-order valence-electron chi connectivity index (χ1n) is 13.2. The SMILES string of the molecule is COC(=O)[C@@H]1Cc2cc3c(cc2CN1C(=O)OC(C)(C)C)OC(c1ccc(OCc2ccc(Cl)c(Cl)c2)cc1)CO3. The third kappa shape index (κ3) is 6.66. The molecule has 0 spiro atoms. The van der Waals surface area contributed by atoms with Crippen LogP contribution in [0.25, 0.3) is 0 Å². The Labute approximate surface area is 249 Å². The molecule has 5 rings (SSSR count). The molecule has 3 aromatic rings. The fourth-order valence-corrected chi connectivity index (χ4v) is 5.07. The minimum atomic E-state index is -0.796. The molecule has 0 bridgehead atoms. The lowest BCUT2D eigenvalue weighted by atomic mass is 9.93. The standard InChI is InChI=1S/C31H31Cl2NO7/c1-31(2,3)41-30(36)34-15-21-14-27-26(13-20(21)12-25(34)29(35)37-4)39-17-28(40-27)19-6-8-22(9-7-19)38-16-18-5-10-23(32)24(33)11-18/h5-11,13-14,25,28H,12,15-17H2,1-4H3/t25-,28?/m0/s1. The zero-order chi connectivity index (χ0) is 29.3. The Morgan fingerprint density at radius 1 is 0.976 bits per heavy atom. The van der Waals surface area contributed by atoms with Gasteiger partial charge in [-0.1, -0.05) is 41.4 Å². The van der Waals surface area contributed by atoms with Crippen molar-refractivity contribution in [3.05, 3.63) is 86.9 Å². The van der Waals surface area contributed by atoms with Crippen molar-refractivity contribution in [2.45, 2.75) is 58.1 Å². The fourth-order valence-electron chi connectivity index (χ4n) is 4.75. The number of methoxy groups -OCH3 is 1. The van der Waals surface area contributed by atoms with E-state index < -0.39 is 23.7 Å². The Morgan fingerprint density at radius 3 is 2.39 bits per heavy atom. The number of carbonyl (C=O) groups is 2. The number of fused-ring (bicyclic) bond motifs is 2. The fraction of sp³-hybridized carbons (Fsp3) is 0.355. The van der Waals surface area contributed by atoms with Crippen LogP contribution in [0.15, 0.2) is 54.6 Å². The summed E-state index contributed by atoms with van der Waals surface area (Å²) in [5.74, 6) is 1.37. The molecule has 0 radical (unpaired) electrons. The molecule has 1 unspecified atom stereocenters. The van der Waals surface area contributed by atoms with Crippen molar-refractivity contribution >= 4 is 35.3 Å². The predicted octanol–water partition coefficient (Wildman–Crippen LogP) is 6.92. The number of esters is 1. The Morgan fingerprint density at radius 2 is 1.71 bits per heavy atom. The van der Waals surface area contributed by atoms with Gasteiger partial charge >= 0.3 is 12.1 Å². The number of nitrogens with zero attached hydrogens (tertiary/aromatic N) is 1. The molecule has 2 aliphatic heterocycles. The summed E-state index contributed by atoms with van der Waals surface area (Å²) in [4.78, 5) is 27.0. The molecule has 41 heavy (non-hydrogen) atoms. The monoisotopic (exact) mass is 599 g/mol. The molecule has 0 aliphatic carbocycles. The number of carbonyl (C=O) groups excluding carboxylic acids is 2. The van der Waals surface area contributed by atoms with E-state index in [9.17, 15) is 9.59 Å². The molecule has 2 heterocycles. The summed E-state index contributed by atoms with van der Waals surface area (Å²) in [5.41, 5.74) is 2.88. The van der Waals surface area contributed by atoms with Crippen molar-refractivity contribution in [1.29, 1.82) is 0 Å². The van der Waals surface area contributed by atoms with Crippen molar-refractivity contribution in [1.82, 2.24) is 4.90 Å². The molecule has 3 aromatic carbocycles. The minimum absolute atomic E-state index is 0.177. The number of hydrogen-bond acceptors (Lipinski definition) is 7. The van der Waals surface area contributed by atoms with Crippen LogP contribution >= 0.6 is 23.2 Å². The van der Waals surface area contributed by atoms with Gasteiger partial charge in [0.05, 0.1) is 23.7 Å². The average molecular weight is 600 g/mol. The summed E-state index contributed by atoms with van der Waals surface area (Å²) in [6.07, 6.45) is -0.629. The first kappa shape index (κ1) is 28.9. The van der Waals surface area contributed by atoms with E-state index in [0.29, 0.717) is 40.5 Å². The third-order valence-electron chi connectivity index (χ3n) is 6.80. The Bertz CT molecular complexity index is 1450. The highest BCUT2D eigenvalue weighted by Crippen LogP contribution is 2.41. The summed E-state index contributed by atoms with van der Waals surface area (Å²) in [5, 5.41) is 0.988. The van der Waals surface area contributed by atoms with Gasteiger partial charge in [-0.2, -0.15) is 0 Å². The van der Waals surface area contributed by atoms with Gasteiger partial charge in [-0.3, -0.25) is 4.90 Å². The highest BCUT2D eigenvalue weighted by Gasteiger charge is 2.39. The van der Waals surface area contributed by atoms with E-state index in [1.807, 2.05) is 42.5 Å². The number of benzene rings is 3. The maximum absolute atomic E-state index is 13.0. The zero-order valence-electron chi connectivity index (χ0n) is 23.2. The molecule has 0 saturated heterocycles. The van der Waals surface area contributed by atoms with E-state index in [-0.39, 0.29) is 19.1 Å². The van der Waals surface area contributed by atoms with Crippen LogP contribution in [0, 0.1) is 0 Å². The molecule has 1 amide bonds. The molecule has 216 valence electrons. The second kappa shape index (κ2) is 11.7. The van der Waals surface area contributed by atoms with Crippen molar-refractivity contribution in [2.24, 2.45) is 0 Å². The Hall–Kier alpha value is -3.62. The number of halogens is 2. The summed E-state index contributed by atoms with van der Waals surface area (Å²) < 4.78 is 28.8. The number of hydrogen-bond donors (Lipinski definition) is 0. The molecular formula is C31H31Cl2NO7. The lowest BCUT2D eigenvalue weighted by molar-refractivity contribution is -0.147.